The monoisotopic (exact) mass is 501 g/mol. The smallest absolute Gasteiger partial charge is 0.240 e. The molecule has 2 aromatic carbocycles. The van der Waals surface area contributed by atoms with Crippen LogP contribution in [0.2, 0.25) is 15.2 Å². The highest BCUT2D eigenvalue weighted by atomic mass is 35.5. The first-order chi connectivity index (χ1) is 14.6. The van der Waals surface area contributed by atoms with Gasteiger partial charge in [0.15, 0.2) is 5.15 Å². The summed E-state index contributed by atoms with van der Waals surface area (Å²) in [5.41, 5.74) is 1.12. The number of nitrogens with one attached hydrogen (secondary N) is 1. The minimum absolute atomic E-state index is 0.0364. The average Bonchev–Trinajstić information content (AvgIpc) is 3.05. The highest BCUT2D eigenvalue weighted by Gasteiger charge is 2.23. The van der Waals surface area contributed by atoms with Gasteiger partial charge in [0.2, 0.25) is 15.9 Å². The highest BCUT2D eigenvalue weighted by Crippen LogP contribution is 2.33. The normalized spacial score (nSPS) is 12.7. The molecule has 0 amide bonds. The summed E-state index contributed by atoms with van der Waals surface area (Å²) in [6.45, 7) is 6.46. The molecular weight excluding hydrogens is 481 g/mol. The summed E-state index contributed by atoms with van der Waals surface area (Å²) in [7, 11) is -3.77. The largest absolute Gasteiger partial charge is 0.438 e. The van der Waals surface area contributed by atoms with E-state index in [2.05, 4.69) is 9.71 Å². The molecule has 1 unspecified atom stereocenters. The van der Waals surface area contributed by atoms with Crippen LogP contribution in [-0.4, -0.2) is 24.5 Å². The Bertz CT molecular complexity index is 1180. The van der Waals surface area contributed by atoms with Crippen LogP contribution >= 0.6 is 34.8 Å². The van der Waals surface area contributed by atoms with Crippen LogP contribution in [0, 0.1) is 6.92 Å². The van der Waals surface area contributed by atoms with Crippen LogP contribution in [0.1, 0.15) is 31.2 Å². The lowest BCUT2D eigenvalue weighted by molar-refractivity contribution is 0.425. The molecule has 1 atom stereocenters. The Balaban J connectivity index is 1.79. The number of aromatic nitrogens is 2. The first kappa shape index (κ1) is 23.9. The second kappa shape index (κ2) is 9.79. The third-order valence-electron chi connectivity index (χ3n) is 4.68. The van der Waals surface area contributed by atoms with E-state index < -0.39 is 10.0 Å². The first-order valence-electron chi connectivity index (χ1n) is 9.57. The molecule has 0 spiro atoms. The summed E-state index contributed by atoms with van der Waals surface area (Å²) in [4.78, 5) is 4.46. The SMILES string of the molecule is CCn1c(C(C)CNS(=O)(=O)c2ccc(Cl)c(Cl)c2)nc(Cl)c1Oc1ccc(C)cc1. The van der Waals surface area contributed by atoms with E-state index in [1.54, 1.807) is 0 Å². The van der Waals surface area contributed by atoms with Crippen molar-refractivity contribution in [3.05, 3.63) is 69.1 Å². The van der Waals surface area contributed by atoms with Crippen LogP contribution in [-0.2, 0) is 16.6 Å². The van der Waals surface area contributed by atoms with Crippen molar-refractivity contribution in [2.45, 2.75) is 38.1 Å². The van der Waals surface area contributed by atoms with Crippen LogP contribution in [0.3, 0.4) is 0 Å². The van der Waals surface area contributed by atoms with Gasteiger partial charge in [0, 0.05) is 19.0 Å². The second-order valence-electron chi connectivity index (χ2n) is 7.05. The van der Waals surface area contributed by atoms with Crippen LogP contribution in [0.5, 0.6) is 11.6 Å². The molecule has 166 valence electrons. The molecule has 0 fully saturated rings. The number of halogens is 3. The maximum atomic E-state index is 12.6. The molecule has 0 radical (unpaired) electrons. The molecule has 31 heavy (non-hydrogen) atoms. The van der Waals surface area contributed by atoms with Gasteiger partial charge >= 0.3 is 0 Å². The Labute approximate surface area is 197 Å². The maximum absolute atomic E-state index is 12.6. The van der Waals surface area contributed by atoms with E-state index >= 15 is 0 Å². The minimum atomic E-state index is -3.77. The van der Waals surface area contributed by atoms with Crippen molar-refractivity contribution in [2.24, 2.45) is 0 Å². The van der Waals surface area contributed by atoms with Crippen molar-refractivity contribution in [1.82, 2.24) is 14.3 Å². The second-order valence-corrected chi connectivity index (χ2v) is 9.99. The molecule has 10 heteroatoms. The molecule has 0 bridgehead atoms. The molecule has 0 saturated carbocycles. The molecule has 6 nitrogen and oxygen atoms in total. The van der Waals surface area contributed by atoms with E-state index in [1.807, 2.05) is 49.6 Å². The lowest BCUT2D eigenvalue weighted by Gasteiger charge is -2.16. The van der Waals surface area contributed by atoms with Gasteiger partial charge in [-0.05, 0) is 44.2 Å². The van der Waals surface area contributed by atoms with Gasteiger partial charge in [-0.25, -0.2) is 18.1 Å². The molecular formula is C21H22Cl3N3O3S. The van der Waals surface area contributed by atoms with E-state index in [9.17, 15) is 8.42 Å². The third-order valence-corrected chi connectivity index (χ3v) is 7.09. The lowest BCUT2D eigenvalue weighted by atomic mass is 10.2. The van der Waals surface area contributed by atoms with Gasteiger partial charge in [0.25, 0.3) is 0 Å². The van der Waals surface area contributed by atoms with Crippen LogP contribution in [0.15, 0.2) is 47.4 Å². The first-order valence-corrected chi connectivity index (χ1v) is 12.2. The van der Waals surface area contributed by atoms with Crippen LogP contribution in [0.25, 0.3) is 0 Å². The van der Waals surface area contributed by atoms with Crippen molar-refractivity contribution < 1.29 is 13.2 Å². The third kappa shape index (κ3) is 5.54. The topological polar surface area (TPSA) is 73.2 Å². The molecule has 1 heterocycles. The summed E-state index contributed by atoms with van der Waals surface area (Å²) in [6, 6.07) is 11.8. The van der Waals surface area contributed by atoms with Gasteiger partial charge < -0.3 is 4.74 Å². The highest BCUT2D eigenvalue weighted by molar-refractivity contribution is 7.89. The number of imidazole rings is 1. The van der Waals surface area contributed by atoms with Crippen molar-refractivity contribution >= 4 is 44.8 Å². The summed E-state index contributed by atoms with van der Waals surface area (Å²) < 4.78 is 35.7. The molecule has 0 aliphatic rings. The van der Waals surface area contributed by atoms with E-state index in [4.69, 9.17) is 39.5 Å². The Morgan fingerprint density at radius 1 is 1.10 bits per heavy atom. The van der Waals surface area contributed by atoms with Gasteiger partial charge in [-0.3, -0.25) is 4.57 Å². The zero-order valence-electron chi connectivity index (χ0n) is 17.2. The molecule has 0 aliphatic carbocycles. The number of sulfonamides is 1. The molecule has 3 aromatic rings. The fraction of sp³-hybridized carbons (Fsp3) is 0.286. The van der Waals surface area contributed by atoms with Crippen LogP contribution < -0.4 is 9.46 Å². The number of rotatable bonds is 8. The molecule has 1 aromatic heterocycles. The molecule has 0 saturated heterocycles. The number of benzene rings is 2. The number of nitrogens with zero attached hydrogens (tertiary/aromatic N) is 2. The van der Waals surface area contributed by atoms with Crippen molar-refractivity contribution in [3.63, 3.8) is 0 Å². The van der Waals surface area contributed by atoms with E-state index in [1.165, 1.54) is 18.2 Å². The average molecular weight is 503 g/mol. The fourth-order valence-electron chi connectivity index (χ4n) is 2.97. The summed E-state index contributed by atoms with van der Waals surface area (Å²) >= 11 is 18.2. The predicted molar refractivity (Wildman–Crippen MR) is 124 cm³/mol. The number of hydrogen-bond acceptors (Lipinski definition) is 4. The van der Waals surface area contributed by atoms with Crippen LogP contribution in [0.4, 0.5) is 0 Å². The Morgan fingerprint density at radius 2 is 1.77 bits per heavy atom. The van der Waals surface area contributed by atoms with Gasteiger partial charge in [-0.1, -0.05) is 59.4 Å². The minimum Gasteiger partial charge on any atom is -0.438 e. The van der Waals surface area contributed by atoms with E-state index in [0.29, 0.717) is 24.0 Å². The molecule has 0 aliphatic heterocycles. The zero-order chi connectivity index (χ0) is 22.8. The summed E-state index contributed by atoms with van der Waals surface area (Å²) in [5.74, 6) is 1.40. The molecule has 1 N–H and O–H groups in total. The number of ether oxygens (including phenoxy) is 1. The summed E-state index contributed by atoms with van der Waals surface area (Å²) in [6.07, 6.45) is 0. The number of hydrogen-bond donors (Lipinski definition) is 1. The van der Waals surface area contributed by atoms with Gasteiger partial charge in [0.05, 0.1) is 14.9 Å². The van der Waals surface area contributed by atoms with E-state index in [0.717, 1.165) is 5.56 Å². The zero-order valence-corrected chi connectivity index (χ0v) is 20.3. The predicted octanol–water partition coefficient (Wildman–Crippen LogP) is 6.05. The van der Waals surface area contributed by atoms with Gasteiger partial charge in [-0.15, -0.1) is 0 Å². The Hall–Kier alpha value is -1.77. The Kier molecular flexibility index (Phi) is 7.55. The van der Waals surface area contributed by atoms with Gasteiger partial charge in [-0.2, -0.15) is 0 Å². The summed E-state index contributed by atoms with van der Waals surface area (Å²) in [5, 5.41) is 0.676. The van der Waals surface area contributed by atoms with E-state index in [-0.39, 0.29) is 32.6 Å². The van der Waals surface area contributed by atoms with Gasteiger partial charge in [0.1, 0.15) is 11.6 Å². The molecule has 3 rings (SSSR count). The lowest BCUT2D eigenvalue weighted by Crippen LogP contribution is -2.28. The maximum Gasteiger partial charge on any atom is 0.240 e. The quantitative estimate of drug-likeness (QED) is 0.407. The van der Waals surface area contributed by atoms with Crippen molar-refractivity contribution in [1.29, 1.82) is 0 Å². The standard InChI is InChI=1S/C21H22Cl3N3O3S/c1-4-27-20(26-19(24)21(27)30-15-7-5-13(2)6-8-15)14(3)12-25-31(28,29)16-9-10-17(22)18(23)11-16/h5-11,14,25H,4,12H2,1-3H3. The number of aryl methyl sites for hydroxylation is 1. The Morgan fingerprint density at radius 3 is 2.39 bits per heavy atom. The van der Waals surface area contributed by atoms with Crippen molar-refractivity contribution in [3.8, 4) is 11.6 Å². The van der Waals surface area contributed by atoms with Crippen molar-refractivity contribution in [2.75, 3.05) is 6.54 Å². The fourth-order valence-corrected chi connectivity index (χ4v) is 4.72.